The van der Waals surface area contributed by atoms with Crippen molar-refractivity contribution in [1.29, 1.82) is 0 Å². The predicted molar refractivity (Wildman–Crippen MR) is 132 cm³/mol. The first kappa shape index (κ1) is 34.8. The molecule has 0 N–H and O–H groups in total. The molecule has 0 aromatic carbocycles. The molecule has 0 aliphatic rings. The zero-order valence-corrected chi connectivity index (χ0v) is 24.4. The van der Waals surface area contributed by atoms with Crippen LogP contribution in [0.5, 0.6) is 0 Å². The fraction of sp³-hybridized carbons (Fsp3) is 0.923. The van der Waals surface area contributed by atoms with Crippen LogP contribution < -0.4 is 29.6 Å². The molecule has 1 atom stereocenters. The van der Waals surface area contributed by atoms with Crippen molar-refractivity contribution in [3.05, 3.63) is 12.2 Å². The first-order valence-electron chi connectivity index (χ1n) is 13.3. The molecule has 186 valence electrons. The van der Waals surface area contributed by atoms with Crippen molar-refractivity contribution in [1.82, 2.24) is 0 Å². The first-order chi connectivity index (χ1) is 15.0. The zero-order valence-electron chi connectivity index (χ0n) is 21.6. The summed E-state index contributed by atoms with van der Waals surface area (Å²) in [5.41, 5.74) is 0. The Kier molecular flexibility index (Phi) is 28.5. The van der Waals surface area contributed by atoms with Crippen LogP contribution in [0.25, 0.3) is 0 Å². The number of allylic oxidation sites excluding steroid dienone is 1. The van der Waals surface area contributed by atoms with E-state index in [1.165, 1.54) is 109 Å². The first-order valence-corrected chi connectivity index (χ1v) is 14.6. The van der Waals surface area contributed by atoms with E-state index in [2.05, 4.69) is 30.2 Å². The normalized spacial score (nSPS) is 12.8. The standard InChI is InChI=1S/C26H52O4S.Na/c1-3-5-7-9-11-13-14-15-16-18-20-22-24-26(25-30-31(27,28)29)23-21-19-17-12-10-8-6-4-2;/h22,24,26H,3-21,23,25H2,1-2H3,(H,27,28,29);/q;+1/p-1/b24-22+;. The molecular formula is C26H51NaO4S. The van der Waals surface area contributed by atoms with Gasteiger partial charge in [0.25, 0.3) is 0 Å². The van der Waals surface area contributed by atoms with Gasteiger partial charge in [-0.1, -0.05) is 135 Å². The van der Waals surface area contributed by atoms with E-state index in [1.54, 1.807) is 0 Å². The molecule has 0 aliphatic carbocycles. The van der Waals surface area contributed by atoms with Gasteiger partial charge in [-0.05, 0) is 19.3 Å². The second kappa shape index (κ2) is 26.2. The quantitative estimate of drug-likeness (QED) is 0.0600. The molecule has 0 aromatic heterocycles. The van der Waals surface area contributed by atoms with Gasteiger partial charge in [-0.2, -0.15) is 0 Å². The minimum atomic E-state index is -4.61. The van der Waals surface area contributed by atoms with E-state index in [4.69, 9.17) is 0 Å². The minimum absolute atomic E-state index is 0. The van der Waals surface area contributed by atoms with Crippen LogP contribution in [0, 0.1) is 5.92 Å². The van der Waals surface area contributed by atoms with Crippen molar-refractivity contribution >= 4 is 10.4 Å². The zero-order chi connectivity index (χ0) is 23.0. The van der Waals surface area contributed by atoms with E-state index in [-0.39, 0.29) is 42.1 Å². The van der Waals surface area contributed by atoms with Gasteiger partial charge in [0, 0.05) is 5.92 Å². The third kappa shape index (κ3) is 28.6. The molecule has 0 fully saturated rings. The van der Waals surface area contributed by atoms with Crippen molar-refractivity contribution in [2.45, 2.75) is 142 Å². The van der Waals surface area contributed by atoms with Crippen LogP contribution in [-0.2, 0) is 14.6 Å². The van der Waals surface area contributed by atoms with Crippen LogP contribution in [-0.4, -0.2) is 19.6 Å². The maximum absolute atomic E-state index is 10.8. The summed E-state index contributed by atoms with van der Waals surface area (Å²) in [5.74, 6) is 0.0203. The molecule has 0 bridgehead atoms. The number of rotatable bonds is 24. The topological polar surface area (TPSA) is 66.4 Å². The van der Waals surface area contributed by atoms with Crippen LogP contribution >= 0.6 is 0 Å². The van der Waals surface area contributed by atoms with Gasteiger partial charge in [0.2, 0.25) is 10.4 Å². The average molecular weight is 483 g/mol. The van der Waals surface area contributed by atoms with Crippen LogP contribution in [0.2, 0.25) is 0 Å². The van der Waals surface area contributed by atoms with E-state index >= 15 is 0 Å². The molecule has 0 aliphatic heterocycles. The maximum atomic E-state index is 10.8. The fourth-order valence-corrected chi connectivity index (χ4v) is 4.33. The monoisotopic (exact) mass is 482 g/mol. The molecular weight excluding hydrogens is 431 g/mol. The number of hydrogen-bond acceptors (Lipinski definition) is 4. The van der Waals surface area contributed by atoms with Gasteiger partial charge in [-0.15, -0.1) is 0 Å². The Hall–Kier alpha value is 0.610. The second-order valence-corrected chi connectivity index (χ2v) is 10.2. The molecule has 32 heavy (non-hydrogen) atoms. The summed E-state index contributed by atoms with van der Waals surface area (Å²) in [5, 5.41) is 0. The number of unbranched alkanes of at least 4 members (excludes halogenated alkanes) is 17. The van der Waals surface area contributed by atoms with E-state index in [0.717, 1.165) is 19.3 Å². The Morgan fingerprint density at radius 3 is 1.53 bits per heavy atom. The van der Waals surface area contributed by atoms with Gasteiger partial charge < -0.3 is 4.55 Å². The van der Waals surface area contributed by atoms with Crippen molar-refractivity contribution in [3.63, 3.8) is 0 Å². The molecule has 4 nitrogen and oxygen atoms in total. The molecule has 0 aromatic rings. The Morgan fingerprint density at radius 1 is 0.688 bits per heavy atom. The van der Waals surface area contributed by atoms with Gasteiger partial charge in [0.05, 0.1) is 6.61 Å². The van der Waals surface area contributed by atoms with Gasteiger partial charge in [-0.25, -0.2) is 8.42 Å². The molecule has 0 saturated heterocycles. The molecule has 6 heteroatoms. The van der Waals surface area contributed by atoms with Gasteiger partial charge in [-0.3, -0.25) is 4.18 Å². The summed E-state index contributed by atoms with van der Waals surface area (Å²) in [7, 11) is -4.61. The summed E-state index contributed by atoms with van der Waals surface area (Å²) in [6, 6.07) is 0. The maximum Gasteiger partial charge on any atom is 1.00 e. The fourth-order valence-electron chi connectivity index (χ4n) is 3.98. The Bertz CT molecular complexity index is 494. The van der Waals surface area contributed by atoms with Crippen molar-refractivity contribution in [3.8, 4) is 0 Å². The van der Waals surface area contributed by atoms with Crippen LogP contribution in [0.15, 0.2) is 12.2 Å². The van der Waals surface area contributed by atoms with Crippen LogP contribution in [0.4, 0.5) is 0 Å². The predicted octanol–water partition coefficient (Wildman–Crippen LogP) is 5.48. The SMILES string of the molecule is CCCCCCCCCCCC/C=C/C(CCCCCCCCCC)COS(=O)(=O)[O-].[Na+]. The Morgan fingerprint density at radius 2 is 1.09 bits per heavy atom. The molecule has 0 saturated carbocycles. The van der Waals surface area contributed by atoms with E-state index < -0.39 is 10.4 Å². The van der Waals surface area contributed by atoms with Gasteiger partial charge >= 0.3 is 29.6 Å². The Balaban J connectivity index is 0. The largest absolute Gasteiger partial charge is 1.00 e. The minimum Gasteiger partial charge on any atom is -0.726 e. The number of hydrogen-bond donors (Lipinski definition) is 0. The van der Waals surface area contributed by atoms with Crippen molar-refractivity contribution in [2.75, 3.05) is 6.61 Å². The average Bonchev–Trinajstić information content (AvgIpc) is 2.73. The summed E-state index contributed by atoms with van der Waals surface area (Å²) in [4.78, 5) is 0. The molecule has 1 unspecified atom stereocenters. The second-order valence-electron chi connectivity index (χ2n) is 9.12. The third-order valence-corrected chi connectivity index (χ3v) is 6.41. The molecule has 0 amide bonds. The molecule has 0 spiro atoms. The van der Waals surface area contributed by atoms with Gasteiger partial charge in [0.1, 0.15) is 0 Å². The van der Waals surface area contributed by atoms with Crippen molar-refractivity contribution < 1.29 is 46.7 Å². The summed E-state index contributed by atoms with van der Waals surface area (Å²) < 4.78 is 37.0. The van der Waals surface area contributed by atoms with E-state index in [0.29, 0.717) is 0 Å². The Labute approximate surface area is 223 Å². The smallest absolute Gasteiger partial charge is 0.726 e. The molecule has 0 rings (SSSR count). The van der Waals surface area contributed by atoms with E-state index in [1.807, 2.05) is 0 Å². The molecule has 0 heterocycles. The summed E-state index contributed by atoms with van der Waals surface area (Å²) >= 11 is 0. The molecule has 0 radical (unpaired) electrons. The van der Waals surface area contributed by atoms with Crippen LogP contribution in [0.3, 0.4) is 0 Å². The van der Waals surface area contributed by atoms with Gasteiger partial charge in [0.15, 0.2) is 0 Å². The summed E-state index contributed by atoms with van der Waals surface area (Å²) in [6.45, 7) is 4.47. The van der Waals surface area contributed by atoms with Crippen LogP contribution in [0.1, 0.15) is 142 Å². The van der Waals surface area contributed by atoms with Crippen molar-refractivity contribution in [2.24, 2.45) is 5.92 Å². The van der Waals surface area contributed by atoms with E-state index in [9.17, 15) is 13.0 Å². The third-order valence-electron chi connectivity index (χ3n) is 5.99. The summed E-state index contributed by atoms with van der Waals surface area (Å²) in [6.07, 6.45) is 29.4.